The molecule has 1 aliphatic carbocycles. The number of methoxy groups -OCH3 is 1. The Kier molecular flexibility index (Phi) is 7.22. The average Bonchev–Trinajstić information content (AvgIpc) is 3.68. The van der Waals surface area contributed by atoms with Crippen molar-refractivity contribution in [1.29, 1.82) is 0 Å². The third-order valence-corrected chi connectivity index (χ3v) is 9.35. The van der Waals surface area contributed by atoms with Crippen LogP contribution in [-0.4, -0.2) is 61.0 Å². The van der Waals surface area contributed by atoms with Crippen LogP contribution in [0.2, 0.25) is 25.7 Å². The summed E-state index contributed by atoms with van der Waals surface area (Å²) in [5.74, 6) is 0.416. The standard InChI is InChI=1S/C31H35F3N8O2Si/c1-41-16-24(31(32,33)34)38-29(41)21-8-6-19(7-9-21)14-22-27-23(42(40-22)18-44-12-13-45(3,4)5)15-35-28(39-27)25-26(20-10-11-20)36-17-37-30(25)43-2/h6-9,15-17,20H,10-14,18H2,1-5H3/i2D3. The minimum atomic E-state index is -4.54. The van der Waals surface area contributed by atoms with Crippen molar-refractivity contribution in [2.45, 2.75) is 63.8 Å². The number of ether oxygens (including phenoxy) is 2. The monoisotopic (exact) mass is 639 g/mol. The highest BCUT2D eigenvalue weighted by Crippen LogP contribution is 2.45. The number of hydrogen-bond donors (Lipinski definition) is 0. The van der Waals surface area contributed by atoms with Crippen LogP contribution in [0.1, 0.15) is 45.5 Å². The molecule has 1 saturated carbocycles. The Bertz CT molecular complexity index is 1940. The van der Waals surface area contributed by atoms with Gasteiger partial charge in [-0.15, -0.1) is 0 Å². The van der Waals surface area contributed by atoms with Crippen LogP contribution in [-0.2, 0) is 31.1 Å². The number of alkyl halides is 3. The summed E-state index contributed by atoms with van der Waals surface area (Å²) in [6.07, 6.45) is 1.46. The van der Waals surface area contributed by atoms with Crippen molar-refractivity contribution in [1.82, 2.24) is 39.3 Å². The van der Waals surface area contributed by atoms with Crippen LogP contribution in [0, 0.1) is 0 Å². The van der Waals surface area contributed by atoms with Crippen molar-refractivity contribution < 1.29 is 26.8 Å². The highest BCUT2D eigenvalue weighted by Gasteiger charge is 2.35. The number of fused-ring (bicyclic) bond motifs is 1. The Balaban J connectivity index is 1.37. The molecule has 14 heteroatoms. The SMILES string of the molecule is [2H]C([2H])([2H])Oc1ncnc(C2CC2)c1-c1ncc2c(n1)c(Cc1ccc(-c3nc(C(F)(F)F)cn3C)cc1)nn2COCC[Si](C)(C)C. The average molecular weight is 640 g/mol. The first-order valence-electron chi connectivity index (χ1n) is 16.1. The van der Waals surface area contributed by atoms with Crippen molar-refractivity contribution in [2.75, 3.05) is 13.6 Å². The molecule has 0 atom stereocenters. The molecule has 0 bridgehead atoms. The summed E-state index contributed by atoms with van der Waals surface area (Å²) in [5.41, 5.74) is 3.14. The molecule has 236 valence electrons. The summed E-state index contributed by atoms with van der Waals surface area (Å²) < 4.78 is 77.1. The predicted octanol–water partition coefficient (Wildman–Crippen LogP) is 6.49. The molecule has 1 fully saturated rings. The van der Waals surface area contributed by atoms with Gasteiger partial charge in [-0.3, -0.25) is 0 Å². The number of rotatable bonds is 11. The topological polar surface area (TPSA) is 106 Å². The molecule has 0 saturated heterocycles. The third kappa shape index (κ3) is 6.76. The number of imidazole rings is 1. The van der Waals surface area contributed by atoms with E-state index in [-0.39, 0.29) is 30.2 Å². The third-order valence-electron chi connectivity index (χ3n) is 7.65. The van der Waals surface area contributed by atoms with Crippen LogP contribution in [0.3, 0.4) is 0 Å². The highest BCUT2D eigenvalue weighted by atomic mass is 28.3. The van der Waals surface area contributed by atoms with Crippen molar-refractivity contribution in [3.8, 4) is 28.7 Å². The molecule has 0 amide bonds. The number of aryl methyl sites for hydroxylation is 1. The molecule has 0 radical (unpaired) electrons. The van der Waals surface area contributed by atoms with E-state index in [4.69, 9.17) is 23.7 Å². The Hall–Kier alpha value is -4.17. The van der Waals surface area contributed by atoms with Gasteiger partial charge >= 0.3 is 6.18 Å². The van der Waals surface area contributed by atoms with Crippen LogP contribution in [0.5, 0.6) is 5.88 Å². The lowest BCUT2D eigenvalue weighted by atomic mass is 10.1. The summed E-state index contributed by atoms with van der Waals surface area (Å²) in [4.78, 5) is 21.9. The minimum absolute atomic E-state index is 0.117. The molecule has 0 N–H and O–H groups in total. The largest absolute Gasteiger partial charge is 0.480 e. The summed E-state index contributed by atoms with van der Waals surface area (Å²) in [6, 6.07) is 8.05. The van der Waals surface area contributed by atoms with Gasteiger partial charge in [-0.25, -0.2) is 29.6 Å². The van der Waals surface area contributed by atoms with E-state index in [0.29, 0.717) is 46.6 Å². The van der Waals surface area contributed by atoms with Gasteiger partial charge in [-0.1, -0.05) is 43.9 Å². The zero-order valence-corrected chi connectivity index (χ0v) is 26.4. The second-order valence-corrected chi connectivity index (χ2v) is 18.1. The Morgan fingerprint density at radius 3 is 2.51 bits per heavy atom. The van der Waals surface area contributed by atoms with Crippen LogP contribution >= 0.6 is 0 Å². The zero-order valence-electron chi connectivity index (χ0n) is 28.4. The fraction of sp³-hybridized carbons (Fsp3) is 0.419. The quantitative estimate of drug-likeness (QED) is 0.119. The van der Waals surface area contributed by atoms with Gasteiger partial charge in [0.1, 0.15) is 35.5 Å². The molecule has 10 nitrogen and oxygen atoms in total. The smallest absolute Gasteiger partial charge is 0.434 e. The summed E-state index contributed by atoms with van der Waals surface area (Å²) in [6.45, 7) is 7.58. The van der Waals surface area contributed by atoms with E-state index in [1.807, 2.05) is 12.1 Å². The molecule has 45 heavy (non-hydrogen) atoms. The molecule has 1 aliphatic rings. The van der Waals surface area contributed by atoms with Crippen LogP contribution in [0.4, 0.5) is 13.2 Å². The van der Waals surface area contributed by atoms with Gasteiger partial charge in [-0.05, 0) is 24.4 Å². The van der Waals surface area contributed by atoms with Gasteiger partial charge < -0.3 is 14.0 Å². The van der Waals surface area contributed by atoms with Crippen molar-refractivity contribution in [2.24, 2.45) is 7.05 Å². The molecule has 4 aromatic heterocycles. The van der Waals surface area contributed by atoms with E-state index in [9.17, 15) is 13.2 Å². The minimum Gasteiger partial charge on any atom is -0.480 e. The van der Waals surface area contributed by atoms with E-state index in [2.05, 4.69) is 39.6 Å². The number of nitrogens with zero attached hydrogens (tertiary/aromatic N) is 8. The summed E-state index contributed by atoms with van der Waals surface area (Å²) in [7, 11) is -2.54. The number of halogens is 3. The van der Waals surface area contributed by atoms with Gasteiger partial charge in [0, 0.05) is 45.8 Å². The Morgan fingerprint density at radius 2 is 1.84 bits per heavy atom. The van der Waals surface area contributed by atoms with Crippen molar-refractivity contribution >= 4 is 19.1 Å². The molecular weight excluding hydrogens is 601 g/mol. The van der Waals surface area contributed by atoms with Crippen molar-refractivity contribution in [3.05, 3.63) is 65.6 Å². The lowest BCUT2D eigenvalue weighted by Crippen LogP contribution is -2.22. The summed E-state index contributed by atoms with van der Waals surface area (Å²) >= 11 is 0. The van der Waals surface area contributed by atoms with Gasteiger partial charge in [0.2, 0.25) is 5.88 Å². The van der Waals surface area contributed by atoms with Crippen molar-refractivity contribution in [3.63, 3.8) is 0 Å². The lowest BCUT2D eigenvalue weighted by molar-refractivity contribution is -0.140. The first-order chi connectivity index (χ1) is 22.6. The zero-order chi connectivity index (χ0) is 34.4. The van der Waals surface area contributed by atoms with Gasteiger partial charge in [0.15, 0.2) is 11.5 Å². The molecule has 0 aliphatic heterocycles. The maximum absolute atomic E-state index is 13.2. The second kappa shape index (κ2) is 12.0. The first-order valence-corrected chi connectivity index (χ1v) is 18.3. The Morgan fingerprint density at radius 1 is 1.07 bits per heavy atom. The maximum atomic E-state index is 13.2. The van der Waals surface area contributed by atoms with Crippen LogP contribution < -0.4 is 4.74 Å². The molecule has 6 rings (SSSR count). The molecule has 0 unspecified atom stereocenters. The summed E-state index contributed by atoms with van der Waals surface area (Å²) in [5, 5.41) is 4.84. The number of benzene rings is 1. The molecule has 4 heterocycles. The van der Waals surface area contributed by atoms with Gasteiger partial charge in [-0.2, -0.15) is 18.3 Å². The Labute approximate surface area is 263 Å². The van der Waals surface area contributed by atoms with E-state index in [1.54, 1.807) is 23.0 Å². The van der Waals surface area contributed by atoms with Gasteiger partial charge in [0.05, 0.1) is 28.7 Å². The van der Waals surface area contributed by atoms with E-state index in [0.717, 1.165) is 30.6 Å². The second-order valence-electron chi connectivity index (χ2n) is 12.5. The predicted molar refractivity (Wildman–Crippen MR) is 165 cm³/mol. The molecule has 1 aromatic carbocycles. The fourth-order valence-corrected chi connectivity index (χ4v) is 5.82. The molecule has 5 aromatic rings. The van der Waals surface area contributed by atoms with Crippen LogP contribution in [0.15, 0.2) is 43.0 Å². The highest BCUT2D eigenvalue weighted by molar-refractivity contribution is 6.76. The molecule has 0 spiro atoms. The van der Waals surface area contributed by atoms with E-state index >= 15 is 0 Å². The first kappa shape index (κ1) is 27.2. The number of aromatic nitrogens is 8. The lowest BCUT2D eigenvalue weighted by Gasteiger charge is -2.15. The van der Waals surface area contributed by atoms with Gasteiger partial charge in [0.25, 0.3) is 0 Å². The number of hydrogen-bond acceptors (Lipinski definition) is 8. The van der Waals surface area contributed by atoms with E-state index in [1.165, 1.54) is 17.9 Å². The van der Waals surface area contributed by atoms with Crippen LogP contribution in [0.25, 0.3) is 33.8 Å². The fourth-order valence-electron chi connectivity index (χ4n) is 5.06. The maximum Gasteiger partial charge on any atom is 0.434 e. The molecular formula is C31H35F3N8O2Si. The normalized spacial score (nSPS) is 15.2. The van der Waals surface area contributed by atoms with E-state index < -0.39 is 27.0 Å².